The fraction of sp³-hybridized carbons (Fsp3) is 0.333. The van der Waals surface area contributed by atoms with Gasteiger partial charge in [-0.25, -0.2) is 0 Å². The molecule has 0 amide bonds. The van der Waals surface area contributed by atoms with Crippen molar-refractivity contribution in [1.29, 1.82) is 0 Å². The topological polar surface area (TPSA) is 0 Å². The van der Waals surface area contributed by atoms with Crippen LogP contribution in [0.4, 0.5) is 0 Å². The summed E-state index contributed by atoms with van der Waals surface area (Å²) in [4.78, 5) is 0. The van der Waals surface area contributed by atoms with Crippen molar-refractivity contribution in [2.45, 2.75) is 151 Å². The van der Waals surface area contributed by atoms with Crippen molar-refractivity contribution in [3.8, 4) is 0 Å². The quantitative estimate of drug-likeness (QED) is 0.110. The molecule has 3 unspecified atom stereocenters. The lowest BCUT2D eigenvalue weighted by atomic mass is 9.74. The second-order valence-electron chi connectivity index (χ2n) is 27.3. The summed E-state index contributed by atoms with van der Waals surface area (Å²) in [7, 11) is 0. The van der Waals surface area contributed by atoms with E-state index < -0.39 is 0 Å². The van der Waals surface area contributed by atoms with E-state index in [9.17, 15) is 0 Å². The number of fused-ring (bicyclic) bond motifs is 3. The van der Waals surface area contributed by atoms with Crippen LogP contribution < -0.4 is 0 Å². The van der Waals surface area contributed by atoms with Crippen molar-refractivity contribution >= 4 is 11.1 Å². The lowest BCUT2D eigenvalue weighted by Gasteiger charge is -2.31. The van der Waals surface area contributed by atoms with Crippen LogP contribution in [0.25, 0.3) is 11.1 Å². The second-order valence-corrected chi connectivity index (χ2v) is 27.3. The van der Waals surface area contributed by atoms with Crippen molar-refractivity contribution in [2.24, 2.45) is 35.5 Å². The largest absolute Gasteiger partial charge is 0.0801 e. The SMILES string of the molecule is CCc1ccc(C2=CC=C(Cc3ccc(C)cc3)C3=CC=CC32)cc1C.Cc1cc(C2CCC(C)CC2)ccc1CC1=CC=C(C2=CCC=C2)C2C=CC=C12.Cc1ccc(C2=CC=C(Cc3ccc(C4CCC(C(C)C)CC4)cc3)C3=CC=CC32)cc1. The van der Waals surface area contributed by atoms with Gasteiger partial charge in [-0.3, -0.25) is 0 Å². The summed E-state index contributed by atoms with van der Waals surface area (Å²) in [6, 6.07) is 41.7. The predicted molar refractivity (Wildman–Crippen MR) is 374 cm³/mol. The Bertz CT molecular complexity index is 3790. The highest BCUT2D eigenvalue weighted by Crippen LogP contribution is 2.46. The average molecular weight is 1140 g/mol. The fourth-order valence-corrected chi connectivity index (χ4v) is 15.5. The zero-order valence-corrected chi connectivity index (χ0v) is 53.6. The fourth-order valence-electron chi connectivity index (χ4n) is 15.5. The Labute approximate surface area is 524 Å². The van der Waals surface area contributed by atoms with Crippen LogP contribution in [-0.2, 0) is 25.7 Å². The Morgan fingerprint density at radius 2 is 0.897 bits per heavy atom. The van der Waals surface area contributed by atoms with Gasteiger partial charge < -0.3 is 0 Å². The van der Waals surface area contributed by atoms with Gasteiger partial charge in [0.2, 0.25) is 0 Å². The number of allylic oxidation sites excluding steroid dienone is 28. The molecule has 3 atom stereocenters. The second kappa shape index (κ2) is 27.2. The van der Waals surface area contributed by atoms with Crippen LogP contribution in [0.3, 0.4) is 0 Å². The number of benzene rings is 5. The molecule has 2 fully saturated rings. The van der Waals surface area contributed by atoms with Crippen LogP contribution >= 0.6 is 0 Å². The predicted octanol–water partition coefficient (Wildman–Crippen LogP) is 22.8. The molecule has 5 aromatic rings. The van der Waals surface area contributed by atoms with E-state index in [2.05, 4.69) is 274 Å². The minimum Gasteiger partial charge on any atom is -0.0801 e. The number of aryl methyl sites for hydroxylation is 5. The summed E-state index contributed by atoms with van der Waals surface area (Å²) < 4.78 is 0. The number of hydrogen-bond donors (Lipinski definition) is 0. The molecule has 0 spiro atoms. The first-order valence-electron chi connectivity index (χ1n) is 33.6. The molecule has 9 aliphatic rings. The summed E-state index contributed by atoms with van der Waals surface area (Å²) in [6.45, 7) is 18.2. The minimum atomic E-state index is 0.396. The highest BCUT2D eigenvalue weighted by atomic mass is 14.3. The lowest BCUT2D eigenvalue weighted by Crippen LogP contribution is -2.17. The Kier molecular flexibility index (Phi) is 18.7. The van der Waals surface area contributed by atoms with Crippen LogP contribution in [0.2, 0.25) is 0 Å². The third-order valence-corrected chi connectivity index (χ3v) is 21.1. The Hall–Kier alpha value is -7.54. The van der Waals surface area contributed by atoms with E-state index in [-0.39, 0.29) is 0 Å². The number of rotatable bonds is 13. The Balaban J connectivity index is 0.000000128. The summed E-state index contributed by atoms with van der Waals surface area (Å²) in [5.41, 5.74) is 31.5. The molecule has 0 radical (unpaired) electrons. The summed E-state index contributed by atoms with van der Waals surface area (Å²) in [6.07, 6.45) is 57.9. The third kappa shape index (κ3) is 13.8. The van der Waals surface area contributed by atoms with Crippen LogP contribution in [0, 0.1) is 63.2 Å². The van der Waals surface area contributed by atoms with E-state index in [1.807, 2.05) is 0 Å². The van der Waals surface area contributed by atoms with Gasteiger partial charge in [0.05, 0.1) is 0 Å². The Morgan fingerprint density at radius 3 is 1.44 bits per heavy atom. The highest BCUT2D eigenvalue weighted by molar-refractivity contribution is 5.80. The number of hydrogen-bond acceptors (Lipinski definition) is 0. The van der Waals surface area contributed by atoms with Crippen molar-refractivity contribution < 1.29 is 0 Å². The van der Waals surface area contributed by atoms with Crippen LogP contribution in [0.5, 0.6) is 0 Å². The third-order valence-electron chi connectivity index (χ3n) is 21.1. The molecule has 0 nitrogen and oxygen atoms in total. The van der Waals surface area contributed by atoms with Crippen LogP contribution in [-0.4, -0.2) is 0 Å². The normalized spacial score (nSPS) is 23.9. The van der Waals surface area contributed by atoms with Gasteiger partial charge in [-0.1, -0.05) is 270 Å². The first-order valence-corrected chi connectivity index (χ1v) is 33.6. The maximum atomic E-state index is 2.48. The van der Waals surface area contributed by atoms with Crippen molar-refractivity contribution in [3.63, 3.8) is 0 Å². The highest BCUT2D eigenvalue weighted by Gasteiger charge is 2.31. The van der Waals surface area contributed by atoms with Crippen molar-refractivity contribution in [1.82, 2.24) is 0 Å². The van der Waals surface area contributed by atoms with Crippen LogP contribution in [0.15, 0.2) is 263 Å². The molecule has 87 heavy (non-hydrogen) atoms. The molecular weight excluding hydrogens is 1040 g/mol. The minimum absolute atomic E-state index is 0.396. The zero-order chi connectivity index (χ0) is 60.0. The van der Waals surface area contributed by atoms with E-state index in [0.29, 0.717) is 17.8 Å². The molecule has 2 saturated carbocycles. The maximum Gasteiger partial charge on any atom is 0.0281 e. The molecule has 14 rings (SSSR count). The molecule has 0 N–H and O–H groups in total. The average Bonchev–Trinajstić information content (AvgIpc) is 2.13. The molecule has 0 heteroatoms. The van der Waals surface area contributed by atoms with Gasteiger partial charge in [0.15, 0.2) is 0 Å². The molecule has 5 aromatic carbocycles. The van der Waals surface area contributed by atoms with E-state index in [0.717, 1.165) is 61.7 Å². The lowest BCUT2D eigenvalue weighted by molar-refractivity contribution is 0.259. The van der Waals surface area contributed by atoms with E-state index in [1.165, 1.54) is 163 Å². The molecule has 0 heterocycles. The first kappa shape index (κ1) is 59.8. The van der Waals surface area contributed by atoms with Crippen molar-refractivity contribution in [2.75, 3.05) is 0 Å². The van der Waals surface area contributed by atoms with Gasteiger partial charge in [-0.2, -0.15) is 0 Å². The Morgan fingerprint density at radius 1 is 0.425 bits per heavy atom. The summed E-state index contributed by atoms with van der Waals surface area (Å²) in [5.74, 6) is 5.46. The van der Waals surface area contributed by atoms with Gasteiger partial charge in [0.25, 0.3) is 0 Å². The van der Waals surface area contributed by atoms with Gasteiger partial charge >= 0.3 is 0 Å². The maximum absolute atomic E-state index is 2.48. The van der Waals surface area contributed by atoms with Gasteiger partial charge in [0, 0.05) is 17.8 Å². The van der Waals surface area contributed by atoms with Crippen molar-refractivity contribution in [3.05, 3.63) is 330 Å². The zero-order valence-electron chi connectivity index (χ0n) is 53.6. The molecule has 9 aliphatic carbocycles. The summed E-state index contributed by atoms with van der Waals surface area (Å²) >= 11 is 0. The molecular formula is C87H94. The van der Waals surface area contributed by atoms with Gasteiger partial charge in [-0.15, -0.1) is 0 Å². The monoisotopic (exact) mass is 1140 g/mol. The van der Waals surface area contributed by atoms with Crippen LogP contribution in [0.1, 0.15) is 164 Å². The van der Waals surface area contributed by atoms with Gasteiger partial charge in [0.1, 0.15) is 0 Å². The molecule has 0 saturated heterocycles. The summed E-state index contributed by atoms with van der Waals surface area (Å²) in [5, 5.41) is 0. The molecule has 0 bridgehead atoms. The first-order chi connectivity index (χ1) is 42.4. The molecule has 442 valence electrons. The van der Waals surface area contributed by atoms with E-state index in [4.69, 9.17) is 0 Å². The molecule has 0 aliphatic heterocycles. The smallest absolute Gasteiger partial charge is 0.0281 e. The van der Waals surface area contributed by atoms with Gasteiger partial charge in [-0.05, 0) is 239 Å². The molecule has 0 aromatic heterocycles. The van der Waals surface area contributed by atoms with E-state index >= 15 is 0 Å². The van der Waals surface area contributed by atoms with E-state index in [1.54, 1.807) is 11.1 Å². The standard InChI is InChI=1S/C32H36.C29H32.C26H26/c1-22(2)25-15-17-27(18-16-25)26-13-9-24(10-14-26)21-29-19-20-31(32-6-4-5-30(29)32)28-11-7-23(3)8-12-28;1-20-10-12-22(13-11-20)25-15-14-24(21(2)18-25)19-26-16-17-28(23-6-3-4-7-23)29-9-5-8-27(26)29;1-4-21-12-13-22(16-19(21)3)25-15-14-23(24-6-5-7-26(24)25)17-20-10-8-18(2)9-11-20/h4-14,19-20,22,25,27,32H,15-18,21H2,1-3H3;3,5-9,14-18,20,22,29H,4,10-13,19H2,1-2H3;5-16,26H,4,17H2,1-3H3.